The second kappa shape index (κ2) is 9.32. The third kappa shape index (κ3) is 5.21. The summed E-state index contributed by atoms with van der Waals surface area (Å²) >= 11 is 0. The zero-order valence-electron chi connectivity index (χ0n) is 19.0. The molecule has 0 saturated carbocycles. The minimum atomic E-state index is -0.848. The fourth-order valence-corrected chi connectivity index (χ4v) is 3.65. The van der Waals surface area contributed by atoms with E-state index in [4.69, 9.17) is 10.5 Å². The Hall–Kier alpha value is -3.51. The van der Waals surface area contributed by atoms with Gasteiger partial charge in [-0.2, -0.15) is 9.28 Å². The number of amides is 2. The van der Waals surface area contributed by atoms with E-state index in [0.29, 0.717) is 12.1 Å². The first-order valence-corrected chi connectivity index (χ1v) is 10.6. The van der Waals surface area contributed by atoms with Crippen molar-refractivity contribution < 1.29 is 14.3 Å². The lowest BCUT2D eigenvalue weighted by Gasteiger charge is -2.37. The van der Waals surface area contributed by atoms with Crippen molar-refractivity contribution in [3.8, 4) is 11.1 Å². The number of aromatic nitrogens is 1. The third-order valence-corrected chi connectivity index (χ3v) is 5.41. The highest BCUT2D eigenvalue weighted by Gasteiger charge is 2.48. The molecule has 0 aliphatic heterocycles. The number of carbonyl (C=O) groups excluding carboxylic acids is 2. The molecule has 2 amide bonds. The Kier molecular flexibility index (Phi) is 6.75. The van der Waals surface area contributed by atoms with Crippen molar-refractivity contribution in [3.05, 3.63) is 84.7 Å². The molecule has 1 unspecified atom stereocenters. The normalized spacial score (nSPS) is 14.2. The fourth-order valence-electron chi connectivity index (χ4n) is 3.65. The van der Waals surface area contributed by atoms with Gasteiger partial charge in [-0.3, -0.25) is 9.78 Å². The molecule has 3 rings (SSSR count). The number of pyridine rings is 1. The molecule has 0 radical (unpaired) electrons. The van der Waals surface area contributed by atoms with Crippen molar-refractivity contribution in [2.75, 3.05) is 7.05 Å². The van der Waals surface area contributed by atoms with E-state index < -0.39 is 28.1 Å². The maximum absolute atomic E-state index is 13.5. The van der Waals surface area contributed by atoms with Gasteiger partial charge in [-0.05, 0) is 61.7 Å². The largest absolute Gasteiger partial charge is 0.522 e. The first kappa shape index (κ1) is 23.2. The SMILES string of the molecule is CC(C)(C)OC(=O)[N+](C)(c1ccc(-c2ccncc2)cc1)[C@H](Cc1ccccc1)C(N)=O. The van der Waals surface area contributed by atoms with Crippen molar-refractivity contribution >= 4 is 17.7 Å². The van der Waals surface area contributed by atoms with E-state index in [0.717, 1.165) is 16.7 Å². The van der Waals surface area contributed by atoms with Gasteiger partial charge in [0.1, 0.15) is 11.3 Å². The predicted molar refractivity (Wildman–Crippen MR) is 127 cm³/mol. The molecule has 6 heteroatoms. The highest BCUT2D eigenvalue weighted by Crippen LogP contribution is 2.32. The summed E-state index contributed by atoms with van der Waals surface area (Å²) in [5, 5.41) is 0. The van der Waals surface area contributed by atoms with Crippen molar-refractivity contribution in [1.29, 1.82) is 0 Å². The van der Waals surface area contributed by atoms with Crippen LogP contribution in [-0.2, 0) is 16.0 Å². The molecular weight excluding hydrogens is 402 g/mol. The standard InChI is InChI=1S/C26H29N3O3/c1-26(2,3)32-25(31)29(4,23(24(27)30)18-19-8-6-5-7-9-19)22-12-10-20(11-13-22)21-14-16-28-17-15-21/h5-17,23H,18H2,1-4H3,(H-,27,30)/p+1/t23-,29?/m1/s1. The van der Waals surface area contributed by atoms with Crippen LogP contribution in [0.2, 0.25) is 0 Å². The monoisotopic (exact) mass is 432 g/mol. The van der Waals surface area contributed by atoms with Crippen molar-refractivity contribution in [2.24, 2.45) is 5.73 Å². The van der Waals surface area contributed by atoms with E-state index in [2.05, 4.69) is 4.98 Å². The lowest BCUT2D eigenvalue weighted by atomic mass is 10.00. The van der Waals surface area contributed by atoms with Crippen LogP contribution >= 0.6 is 0 Å². The number of hydrogen-bond donors (Lipinski definition) is 1. The Balaban J connectivity index is 2.07. The van der Waals surface area contributed by atoms with Crippen LogP contribution in [0, 0.1) is 0 Å². The van der Waals surface area contributed by atoms with Crippen molar-refractivity contribution in [1.82, 2.24) is 9.47 Å². The molecule has 2 atom stereocenters. The summed E-state index contributed by atoms with van der Waals surface area (Å²) in [6.45, 7) is 5.41. The zero-order chi connectivity index (χ0) is 23.4. The summed E-state index contributed by atoms with van der Waals surface area (Å²) in [4.78, 5) is 30.2. The quantitative estimate of drug-likeness (QED) is 0.572. The molecule has 0 aliphatic carbocycles. The number of likely N-dealkylation sites (N-methyl/N-ethyl adjacent to an activating group) is 1. The van der Waals surface area contributed by atoms with Crippen LogP contribution in [0.3, 0.4) is 0 Å². The van der Waals surface area contributed by atoms with E-state index in [-0.39, 0.29) is 0 Å². The molecule has 3 aromatic rings. The van der Waals surface area contributed by atoms with E-state index in [9.17, 15) is 9.59 Å². The first-order valence-electron chi connectivity index (χ1n) is 10.6. The molecule has 0 fully saturated rings. The lowest BCUT2D eigenvalue weighted by Crippen LogP contribution is -2.64. The Bertz CT molecular complexity index is 1060. The molecule has 1 aromatic heterocycles. The van der Waals surface area contributed by atoms with Gasteiger partial charge in [0.25, 0.3) is 5.91 Å². The van der Waals surface area contributed by atoms with Crippen molar-refractivity contribution in [2.45, 2.75) is 38.8 Å². The number of primary amides is 1. The van der Waals surface area contributed by atoms with E-state index in [1.165, 1.54) is 0 Å². The zero-order valence-corrected chi connectivity index (χ0v) is 19.0. The second-order valence-electron chi connectivity index (χ2n) is 8.95. The molecule has 2 N–H and O–H groups in total. The summed E-state index contributed by atoms with van der Waals surface area (Å²) in [6, 6.07) is 20.1. The van der Waals surface area contributed by atoms with Gasteiger partial charge < -0.3 is 10.5 Å². The van der Waals surface area contributed by atoms with Gasteiger partial charge in [0.2, 0.25) is 0 Å². The topological polar surface area (TPSA) is 82.3 Å². The Morgan fingerprint density at radius 2 is 1.50 bits per heavy atom. The second-order valence-corrected chi connectivity index (χ2v) is 8.95. The Morgan fingerprint density at radius 1 is 0.938 bits per heavy atom. The number of ether oxygens (including phenoxy) is 1. The number of hydrogen-bond acceptors (Lipinski definition) is 4. The smallest absolute Gasteiger partial charge is 0.414 e. The van der Waals surface area contributed by atoms with Crippen LogP contribution in [-0.4, -0.2) is 35.7 Å². The molecule has 0 aliphatic rings. The van der Waals surface area contributed by atoms with Crippen LogP contribution in [0.1, 0.15) is 26.3 Å². The predicted octanol–water partition coefficient (Wildman–Crippen LogP) is 4.72. The van der Waals surface area contributed by atoms with Gasteiger partial charge in [0, 0.05) is 30.9 Å². The number of nitrogens with zero attached hydrogens (tertiary/aromatic N) is 2. The average molecular weight is 433 g/mol. The van der Waals surface area contributed by atoms with Crippen LogP contribution in [0.25, 0.3) is 11.1 Å². The van der Waals surface area contributed by atoms with Gasteiger partial charge in [0.15, 0.2) is 6.04 Å². The molecule has 166 valence electrons. The maximum Gasteiger partial charge on any atom is 0.522 e. The van der Waals surface area contributed by atoms with Gasteiger partial charge in [-0.1, -0.05) is 30.3 Å². The number of rotatable bonds is 6. The van der Waals surface area contributed by atoms with Gasteiger partial charge in [0.05, 0.1) is 7.05 Å². The van der Waals surface area contributed by atoms with Crippen LogP contribution in [0.5, 0.6) is 0 Å². The van der Waals surface area contributed by atoms with E-state index in [1.54, 1.807) is 40.2 Å². The van der Waals surface area contributed by atoms with Crippen molar-refractivity contribution in [3.63, 3.8) is 0 Å². The fraction of sp³-hybridized carbons (Fsp3) is 0.269. The summed E-state index contributed by atoms with van der Waals surface area (Å²) in [7, 11) is 1.69. The average Bonchev–Trinajstić information content (AvgIpc) is 2.77. The number of quaternary nitrogens is 1. The third-order valence-electron chi connectivity index (χ3n) is 5.41. The number of carbonyl (C=O) groups is 2. The number of nitrogens with two attached hydrogens (primary N) is 1. The van der Waals surface area contributed by atoms with E-state index in [1.807, 2.05) is 66.7 Å². The first-order chi connectivity index (χ1) is 15.1. The molecular formula is C26H30N3O3+. The Labute approximate surface area is 189 Å². The maximum atomic E-state index is 13.5. The van der Waals surface area contributed by atoms with E-state index >= 15 is 0 Å². The highest BCUT2D eigenvalue weighted by molar-refractivity contribution is 5.93. The van der Waals surface area contributed by atoms with Gasteiger partial charge in [-0.25, -0.2) is 0 Å². The molecule has 0 saturated heterocycles. The van der Waals surface area contributed by atoms with Gasteiger partial charge >= 0.3 is 6.09 Å². The molecule has 32 heavy (non-hydrogen) atoms. The van der Waals surface area contributed by atoms with Crippen LogP contribution in [0.15, 0.2) is 79.1 Å². The Morgan fingerprint density at radius 3 is 2.03 bits per heavy atom. The van der Waals surface area contributed by atoms with Crippen LogP contribution in [0.4, 0.5) is 10.5 Å². The summed E-state index contributed by atoms with van der Waals surface area (Å²) in [5.74, 6) is -0.569. The summed E-state index contributed by atoms with van der Waals surface area (Å²) in [5.41, 5.74) is 8.66. The molecule has 0 bridgehead atoms. The highest BCUT2D eigenvalue weighted by atomic mass is 16.6. The summed E-state index contributed by atoms with van der Waals surface area (Å²) in [6.07, 6.45) is 3.23. The van der Waals surface area contributed by atoms with Crippen LogP contribution < -0.4 is 10.2 Å². The minimum absolute atomic E-state index is 0.304. The molecule has 2 aromatic carbocycles. The number of benzene rings is 2. The van der Waals surface area contributed by atoms with Gasteiger partial charge in [-0.15, -0.1) is 0 Å². The molecule has 6 nitrogen and oxygen atoms in total. The lowest BCUT2D eigenvalue weighted by molar-refractivity contribution is -0.122. The summed E-state index contributed by atoms with van der Waals surface area (Å²) < 4.78 is 5.37. The molecule has 1 heterocycles. The minimum Gasteiger partial charge on any atom is -0.414 e. The molecule has 0 spiro atoms.